The van der Waals surface area contributed by atoms with E-state index in [4.69, 9.17) is 0 Å². The molecule has 0 aliphatic heterocycles. The van der Waals surface area contributed by atoms with Gasteiger partial charge in [-0.2, -0.15) is 13.2 Å². The van der Waals surface area contributed by atoms with Crippen molar-refractivity contribution in [3.05, 3.63) is 47.6 Å². The lowest BCUT2D eigenvalue weighted by molar-refractivity contribution is -0.144. The zero-order valence-electron chi connectivity index (χ0n) is 19.6. The van der Waals surface area contributed by atoms with Crippen molar-refractivity contribution in [1.29, 1.82) is 0 Å². The molecule has 1 aromatic carbocycles. The number of halogens is 3. The van der Waals surface area contributed by atoms with Crippen LogP contribution in [0.15, 0.2) is 36.9 Å². The highest BCUT2D eigenvalue weighted by atomic mass is 32.1. The number of nitrogens with zero attached hydrogens (tertiary/aromatic N) is 4. The van der Waals surface area contributed by atoms with Gasteiger partial charge in [-0.15, -0.1) is 11.3 Å². The molecule has 1 saturated carbocycles. The van der Waals surface area contributed by atoms with Crippen LogP contribution in [0.25, 0.3) is 21.5 Å². The summed E-state index contributed by atoms with van der Waals surface area (Å²) in [5.74, 6) is -1.52. The van der Waals surface area contributed by atoms with Crippen LogP contribution in [0.1, 0.15) is 43.3 Å². The summed E-state index contributed by atoms with van der Waals surface area (Å²) in [5.41, 5.74) is 0.0911. The van der Waals surface area contributed by atoms with Crippen LogP contribution in [-0.4, -0.2) is 41.1 Å². The van der Waals surface area contributed by atoms with E-state index in [1.165, 1.54) is 17.7 Å². The number of aromatic amines is 1. The van der Waals surface area contributed by atoms with E-state index in [2.05, 4.69) is 30.2 Å². The number of aliphatic hydroxyl groups is 1. The van der Waals surface area contributed by atoms with E-state index in [-0.39, 0.29) is 17.8 Å². The summed E-state index contributed by atoms with van der Waals surface area (Å²) in [6.07, 6.45) is 1.76. The lowest BCUT2D eigenvalue weighted by Crippen LogP contribution is -2.35. The van der Waals surface area contributed by atoms with Gasteiger partial charge in [0.25, 0.3) is 0 Å². The zero-order chi connectivity index (χ0) is 26.4. The minimum atomic E-state index is -4.60. The third-order valence-corrected chi connectivity index (χ3v) is 8.06. The molecule has 4 aromatic rings. The Kier molecular flexibility index (Phi) is 6.36. The summed E-state index contributed by atoms with van der Waals surface area (Å²) in [6, 6.07) is 4.21. The number of H-pyrrole nitrogens is 1. The number of nitrogens with one attached hydrogen (secondary N) is 2. The van der Waals surface area contributed by atoms with Gasteiger partial charge in [-0.1, -0.05) is 0 Å². The molecule has 1 aliphatic carbocycles. The highest BCUT2D eigenvalue weighted by Gasteiger charge is 2.40. The average Bonchev–Trinajstić information content (AvgIpc) is 3.54. The number of aromatic nitrogens is 5. The second-order valence-electron chi connectivity index (χ2n) is 9.27. The first-order chi connectivity index (χ1) is 17.5. The van der Waals surface area contributed by atoms with Crippen molar-refractivity contribution < 1.29 is 28.2 Å². The molecule has 37 heavy (non-hydrogen) atoms. The van der Waals surface area contributed by atoms with Crippen LogP contribution in [0.5, 0.6) is 0 Å². The largest absolute Gasteiger partial charge is 0.481 e. The van der Waals surface area contributed by atoms with Crippen LogP contribution in [0.2, 0.25) is 0 Å². The molecule has 4 N–H and O–H groups in total. The SMILES string of the molecule is CC(O)(c1ncc(-c2cc(Nc3nccc(C(F)(F)F)n3)cc3[nH]cnc23)s1)[C@H]1CC[C@H](C(=O)O)CC1. The first kappa shape index (κ1) is 25.1. The number of hydrogen-bond donors (Lipinski definition) is 4. The highest BCUT2D eigenvalue weighted by molar-refractivity contribution is 7.15. The molecule has 0 amide bonds. The lowest BCUT2D eigenvalue weighted by Gasteiger charge is -2.35. The number of carbonyl (C=O) groups is 1. The fraction of sp³-hybridized carbons (Fsp3) is 0.375. The number of aliphatic carboxylic acids is 1. The van der Waals surface area contributed by atoms with E-state index in [0.29, 0.717) is 57.9 Å². The maximum atomic E-state index is 13.1. The van der Waals surface area contributed by atoms with E-state index >= 15 is 0 Å². The Morgan fingerprint density at radius 1 is 1.16 bits per heavy atom. The molecular weight excluding hydrogens is 509 g/mol. The first-order valence-corrected chi connectivity index (χ1v) is 12.4. The smallest absolute Gasteiger partial charge is 0.433 e. The number of carboxylic acids is 1. The standard InChI is InChI=1S/C24H23F3N6O3S/c1-23(36,13-4-2-12(3-5-13)20(34)35)21-29-10-17(37-21)15-8-14(9-16-19(15)31-11-30-16)32-22-28-7-6-18(33-22)24(25,26)27/h6-13,36H,2-5H2,1H3,(H,30,31)(H,34,35)(H,28,32,33)/t12-,13-,23?. The molecule has 194 valence electrons. The van der Waals surface area contributed by atoms with Gasteiger partial charge in [-0.05, 0) is 56.7 Å². The van der Waals surface area contributed by atoms with Crippen LogP contribution in [0.3, 0.4) is 0 Å². The molecule has 9 nitrogen and oxygen atoms in total. The minimum Gasteiger partial charge on any atom is -0.481 e. The van der Waals surface area contributed by atoms with Gasteiger partial charge < -0.3 is 20.5 Å². The van der Waals surface area contributed by atoms with Gasteiger partial charge in [0, 0.05) is 23.6 Å². The molecule has 3 heterocycles. The Morgan fingerprint density at radius 2 is 1.92 bits per heavy atom. The van der Waals surface area contributed by atoms with Crippen LogP contribution in [0, 0.1) is 11.8 Å². The van der Waals surface area contributed by atoms with E-state index in [9.17, 15) is 28.2 Å². The van der Waals surface area contributed by atoms with Gasteiger partial charge >= 0.3 is 12.1 Å². The maximum Gasteiger partial charge on any atom is 0.433 e. The van der Waals surface area contributed by atoms with Crippen molar-refractivity contribution in [1.82, 2.24) is 24.9 Å². The van der Waals surface area contributed by atoms with Crippen LogP contribution >= 0.6 is 11.3 Å². The molecular formula is C24H23F3N6O3S. The summed E-state index contributed by atoms with van der Waals surface area (Å²) in [7, 11) is 0. The van der Waals surface area contributed by atoms with E-state index in [0.717, 1.165) is 12.3 Å². The maximum absolute atomic E-state index is 13.1. The predicted molar refractivity (Wildman–Crippen MR) is 130 cm³/mol. The molecule has 5 rings (SSSR count). The van der Waals surface area contributed by atoms with Gasteiger partial charge in [0.2, 0.25) is 5.95 Å². The van der Waals surface area contributed by atoms with E-state index < -0.39 is 23.4 Å². The summed E-state index contributed by atoms with van der Waals surface area (Å²) in [4.78, 5) is 31.3. The predicted octanol–water partition coefficient (Wildman–Crippen LogP) is 5.34. The summed E-state index contributed by atoms with van der Waals surface area (Å²) < 4.78 is 39.2. The molecule has 0 saturated heterocycles. The monoisotopic (exact) mass is 532 g/mol. The van der Waals surface area contributed by atoms with Gasteiger partial charge in [0.15, 0.2) is 0 Å². The molecule has 1 atom stereocenters. The third-order valence-electron chi connectivity index (χ3n) is 6.80. The molecule has 1 fully saturated rings. The normalized spacial score (nSPS) is 20.0. The summed E-state index contributed by atoms with van der Waals surface area (Å²) in [5, 5.41) is 24.0. The Balaban J connectivity index is 1.43. The fourth-order valence-corrected chi connectivity index (χ4v) is 5.78. The number of hydrogen-bond acceptors (Lipinski definition) is 8. The van der Waals surface area contributed by atoms with Crippen molar-refractivity contribution in [3.8, 4) is 10.4 Å². The topological polar surface area (TPSA) is 137 Å². The Morgan fingerprint density at radius 3 is 2.62 bits per heavy atom. The van der Waals surface area contributed by atoms with Gasteiger partial charge in [0.05, 0.1) is 28.2 Å². The number of carboxylic acid groups (broad SMARTS) is 1. The van der Waals surface area contributed by atoms with E-state index in [1.807, 2.05) is 0 Å². The van der Waals surface area contributed by atoms with Crippen LogP contribution < -0.4 is 5.32 Å². The second-order valence-corrected chi connectivity index (χ2v) is 10.3. The lowest BCUT2D eigenvalue weighted by atomic mass is 9.74. The quantitative estimate of drug-likeness (QED) is 0.261. The Bertz CT molecular complexity index is 1440. The number of anilines is 2. The fourth-order valence-electron chi connectivity index (χ4n) is 4.73. The van der Waals surface area contributed by atoms with Crippen molar-refractivity contribution in [2.24, 2.45) is 11.8 Å². The molecule has 1 unspecified atom stereocenters. The number of fused-ring (bicyclic) bond motifs is 1. The number of benzene rings is 1. The highest BCUT2D eigenvalue weighted by Crippen LogP contribution is 2.44. The summed E-state index contributed by atoms with van der Waals surface area (Å²) in [6.45, 7) is 1.70. The summed E-state index contributed by atoms with van der Waals surface area (Å²) >= 11 is 1.29. The Hall–Kier alpha value is -3.58. The first-order valence-electron chi connectivity index (χ1n) is 11.6. The zero-order valence-corrected chi connectivity index (χ0v) is 20.4. The number of rotatable bonds is 6. The number of alkyl halides is 3. The van der Waals surface area contributed by atoms with Crippen molar-refractivity contribution in [2.45, 2.75) is 44.4 Å². The van der Waals surface area contributed by atoms with Crippen molar-refractivity contribution in [3.63, 3.8) is 0 Å². The number of imidazole rings is 1. The van der Waals surface area contributed by atoms with Crippen LogP contribution in [-0.2, 0) is 16.6 Å². The van der Waals surface area contributed by atoms with E-state index in [1.54, 1.807) is 25.3 Å². The molecule has 0 spiro atoms. The molecule has 13 heteroatoms. The van der Waals surface area contributed by atoms with Crippen molar-refractivity contribution in [2.75, 3.05) is 5.32 Å². The molecule has 0 radical (unpaired) electrons. The van der Waals surface area contributed by atoms with Gasteiger partial charge in [-0.25, -0.2) is 19.9 Å². The molecule has 3 aromatic heterocycles. The van der Waals surface area contributed by atoms with Crippen LogP contribution in [0.4, 0.5) is 24.8 Å². The second kappa shape index (κ2) is 9.38. The minimum absolute atomic E-state index is 0.126. The number of thiazole rings is 1. The van der Waals surface area contributed by atoms with Gasteiger partial charge in [-0.3, -0.25) is 4.79 Å². The molecule has 1 aliphatic rings. The van der Waals surface area contributed by atoms with Gasteiger partial charge in [0.1, 0.15) is 16.3 Å². The molecule has 0 bridgehead atoms. The average molecular weight is 533 g/mol. The Labute approximate surface area is 212 Å². The van der Waals surface area contributed by atoms with Crippen molar-refractivity contribution >= 4 is 40.0 Å². The third kappa shape index (κ3) is 5.01.